The number of hydrogen-bond acceptors (Lipinski definition) is 6. The number of amides is 2. The third kappa shape index (κ3) is 3.27. The molecule has 24 heavy (non-hydrogen) atoms. The molecule has 0 radical (unpaired) electrons. The fourth-order valence-corrected chi connectivity index (χ4v) is 2.96. The van der Waals surface area contributed by atoms with Crippen molar-refractivity contribution in [1.29, 1.82) is 0 Å². The van der Waals surface area contributed by atoms with E-state index in [9.17, 15) is 9.59 Å². The van der Waals surface area contributed by atoms with E-state index in [0.717, 1.165) is 30.6 Å². The Morgan fingerprint density at radius 1 is 1.46 bits per heavy atom. The van der Waals surface area contributed by atoms with Gasteiger partial charge in [0.1, 0.15) is 5.82 Å². The molecule has 2 aromatic rings. The maximum Gasteiger partial charge on any atom is 0.290 e. The van der Waals surface area contributed by atoms with Gasteiger partial charge in [0.2, 0.25) is 11.7 Å². The van der Waals surface area contributed by atoms with Crippen LogP contribution in [0.3, 0.4) is 0 Å². The first-order valence-corrected chi connectivity index (χ1v) is 7.84. The van der Waals surface area contributed by atoms with Crippen LogP contribution >= 0.6 is 0 Å². The van der Waals surface area contributed by atoms with Crippen LogP contribution in [0.5, 0.6) is 0 Å². The predicted octanol–water partition coefficient (Wildman–Crippen LogP) is 1.39. The number of hydrogen-bond donors (Lipinski definition) is 1. The minimum atomic E-state index is -0.353. The Bertz CT molecular complexity index is 744. The maximum absolute atomic E-state index is 12.0. The molecule has 1 aliphatic rings. The Morgan fingerprint density at radius 3 is 3.00 bits per heavy atom. The summed E-state index contributed by atoms with van der Waals surface area (Å²) >= 11 is 0. The van der Waals surface area contributed by atoms with Crippen LogP contribution in [0.1, 0.15) is 53.4 Å². The monoisotopic (exact) mass is 329 g/mol. The highest BCUT2D eigenvalue weighted by Crippen LogP contribution is 2.32. The lowest BCUT2D eigenvalue weighted by Gasteiger charge is -2.24. The van der Waals surface area contributed by atoms with Crippen LogP contribution < -0.4 is 5.32 Å². The maximum atomic E-state index is 12.0. The minimum absolute atomic E-state index is 0.0328. The largest absolute Gasteiger partial charge is 0.351 e. The van der Waals surface area contributed by atoms with Crippen molar-refractivity contribution in [3.05, 3.63) is 41.3 Å². The third-order valence-corrected chi connectivity index (χ3v) is 4.09. The summed E-state index contributed by atoms with van der Waals surface area (Å²) in [5, 5.41) is 6.29. The molecule has 8 nitrogen and oxygen atoms in total. The lowest BCUT2D eigenvalue weighted by molar-refractivity contribution is -0.129. The second-order valence-corrected chi connectivity index (χ2v) is 5.76. The van der Waals surface area contributed by atoms with Crippen LogP contribution in [-0.4, -0.2) is 38.4 Å². The van der Waals surface area contributed by atoms with Crippen molar-refractivity contribution in [2.75, 3.05) is 6.54 Å². The molecule has 0 aromatic carbocycles. The zero-order valence-electron chi connectivity index (χ0n) is 13.7. The second kappa shape index (κ2) is 6.77. The molecule has 1 aliphatic heterocycles. The zero-order valence-corrected chi connectivity index (χ0v) is 13.7. The fraction of sp³-hybridized carbons (Fsp3) is 0.438. The van der Waals surface area contributed by atoms with E-state index in [1.54, 1.807) is 13.1 Å². The smallest absolute Gasteiger partial charge is 0.290 e. The molecule has 8 heteroatoms. The van der Waals surface area contributed by atoms with Gasteiger partial charge in [0.05, 0.1) is 17.9 Å². The lowest BCUT2D eigenvalue weighted by Crippen LogP contribution is -2.30. The predicted molar refractivity (Wildman–Crippen MR) is 83.8 cm³/mol. The van der Waals surface area contributed by atoms with Crippen molar-refractivity contribution in [2.24, 2.45) is 0 Å². The number of likely N-dealkylation sites (tertiary alicyclic amines) is 1. The number of aryl methyl sites for hydroxylation is 1. The number of rotatable bonds is 4. The Kier molecular flexibility index (Phi) is 4.54. The highest BCUT2D eigenvalue weighted by molar-refractivity contribution is 5.91. The van der Waals surface area contributed by atoms with Gasteiger partial charge in [-0.3, -0.25) is 9.59 Å². The highest BCUT2D eigenvalue weighted by Gasteiger charge is 2.31. The van der Waals surface area contributed by atoms with Gasteiger partial charge in [0.15, 0.2) is 0 Å². The molecule has 1 fully saturated rings. The Hall–Kier alpha value is -2.77. The molecular formula is C16H19N5O3. The Labute approximate surface area is 139 Å². The Morgan fingerprint density at radius 2 is 2.29 bits per heavy atom. The molecule has 2 amide bonds. The molecule has 1 saturated heterocycles. The summed E-state index contributed by atoms with van der Waals surface area (Å²) in [5.74, 6) is 0.473. The van der Waals surface area contributed by atoms with Crippen LogP contribution in [-0.2, 0) is 11.3 Å². The summed E-state index contributed by atoms with van der Waals surface area (Å²) in [4.78, 5) is 34.4. The van der Waals surface area contributed by atoms with Gasteiger partial charge in [-0.1, -0.05) is 5.16 Å². The second-order valence-electron chi connectivity index (χ2n) is 5.76. The molecule has 2 aromatic heterocycles. The average Bonchev–Trinajstić information content (AvgIpc) is 3.24. The quantitative estimate of drug-likeness (QED) is 0.909. The molecular weight excluding hydrogens is 310 g/mol. The van der Waals surface area contributed by atoms with E-state index in [-0.39, 0.29) is 30.2 Å². The number of carbonyl (C=O) groups is 2. The molecule has 3 heterocycles. The molecule has 3 rings (SSSR count). The van der Waals surface area contributed by atoms with Gasteiger partial charge in [-0.25, -0.2) is 9.97 Å². The van der Waals surface area contributed by atoms with Crippen LogP contribution in [0.25, 0.3) is 0 Å². The molecule has 1 N–H and O–H groups in total. The van der Waals surface area contributed by atoms with E-state index in [1.807, 2.05) is 11.8 Å². The van der Waals surface area contributed by atoms with Gasteiger partial charge in [0.25, 0.3) is 5.91 Å². The first-order chi connectivity index (χ1) is 11.6. The van der Waals surface area contributed by atoms with Crippen LogP contribution in [0.4, 0.5) is 0 Å². The number of aromatic nitrogens is 3. The molecule has 0 aliphatic carbocycles. The lowest BCUT2D eigenvalue weighted by atomic mass is 10.1. The van der Waals surface area contributed by atoms with Crippen molar-refractivity contribution in [1.82, 2.24) is 25.3 Å². The SMILES string of the molecule is CC(=O)N1CCC[C@H]1c1nc(C)ncc1CNC(=O)c1ccno1. The fourth-order valence-electron chi connectivity index (χ4n) is 2.96. The van der Waals surface area contributed by atoms with Crippen LogP contribution in [0.15, 0.2) is 23.0 Å². The van der Waals surface area contributed by atoms with Gasteiger partial charge in [-0.15, -0.1) is 0 Å². The van der Waals surface area contributed by atoms with Crippen molar-refractivity contribution in [3.63, 3.8) is 0 Å². The summed E-state index contributed by atoms with van der Waals surface area (Å²) in [7, 11) is 0. The van der Waals surface area contributed by atoms with E-state index in [2.05, 4.69) is 20.4 Å². The number of nitrogens with zero attached hydrogens (tertiary/aromatic N) is 4. The van der Waals surface area contributed by atoms with Gasteiger partial charge >= 0.3 is 0 Å². The van der Waals surface area contributed by atoms with Crippen molar-refractivity contribution < 1.29 is 14.1 Å². The standard InChI is InChI=1S/C16H19N5O3/c1-10-17-8-12(9-18-16(23)14-5-6-19-24-14)15(20-10)13-4-3-7-21(13)11(2)22/h5-6,8,13H,3-4,7,9H2,1-2H3,(H,18,23)/t13-/m0/s1. The summed E-state index contributed by atoms with van der Waals surface area (Å²) in [6.07, 6.45) is 4.92. The van der Waals surface area contributed by atoms with E-state index in [0.29, 0.717) is 5.82 Å². The summed E-state index contributed by atoms with van der Waals surface area (Å²) < 4.78 is 4.84. The Balaban J connectivity index is 1.81. The summed E-state index contributed by atoms with van der Waals surface area (Å²) in [6, 6.07) is 1.43. The molecule has 0 bridgehead atoms. The molecule has 0 spiro atoms. The van der Waals surface area contributed by atoms with E-state index >= 15 is 0 Å². The van der Waals surface area contributed by atoms with Crippen molar-refractivity contribution >= 4 is 11.8 Å². The van der Waals surface area contributed by atoms with E-state index < -0.39 is 0 Å². The molecule has 126 valence electrons. The molecule has 0 saturated carbocycles. The number of nitrogens with one attached hydrogen (secondary N) is 1. The summed E-state index contributed by atoms with van der Waals surface area (Å²) in [6.45, 7) is 4.37. The molecule has 0 unspecified atom stereocenters. The van der Waals surface area contributed by atoms with Crippen molar-refractivity contribution in [3.8, 4) is 0 Å². The summed E-state index contributed by atoms with van der Waals surface area (Å²) in [5.41, 5.74) is 1.60. The highest BCUT2D eigenvalue weighted by atomic mass is 16.5. The van der Waals surface area contributed by atoms with E-state index in [4.69, 9.17) is 4.52 Å². The first kappa shape index (κ1) is 16.1. The van der Waals surface area contributed by atoms with E-state index in [1.165, 1.54) is 12.3 Å². The third-order valence-electron chi connectivity index (χ3n) is 4.09. The van der Waals surface area contributed by atoms with Gasteiger partial charge < -0.3 is 14.7 Å². The van der Waals surface area contributed by atoms with Crippen LogP contribution in [0.2, 0.25) is 0 Å². The van der Waals surface area contributed by atoms with Gasteiger partial charge in [-0.2, -0.15) is 0 Å². The average molecular weight is 329 g/mol. The van der Waals surface area contributed by atoms with Gasteiger partial charge in [-0.05, 0) is 19.8 Å². The first-order valence-electron chi connectivity index (χ1n) is 7.84. The normalized spacial score (nSPS) is 17.1. The number of carbonyl (C=O) groups excluding carboxylic acids is 2. The molecule has 1 atom stereocenters. The van der Waals surface area contributed by atoms with Gasteiger partial charge in [0, 0.05) is 37.8 Å². The minimum Gasteiger partial charge on any atom is -0.351 e. The van der Waals surface area contributed by atoms with Crippen LogP contribution in [0, 0.1) is 6.92 Å². The van der Waals surface area contributed by atoms with Crippen molar-refractivity contribution in [2.45, 2.75) is 39.3 Å². The zero-order chi connectivity index (χ0) is 17.1. The topological polar surface area (TPSA) is 101 Å².